The van der Waals surface area contributed by atoms with Crippen LogP contribution in [0.4, 0.5) is 11.4 Å². The Kier molecular flexibility index (Phi) is 4.66. The van der Waals surface area contributed by atoms with Gasteiger partial charge in [0.2, 0.25) is 5.91 Å². The number of carbonyl (C=O) groups excluding carboxylic acids is 1. The van der Waals surface area contributed by atoms with Crippen LogP contribution < -0.4 is 20.1 Å². The number of nitrogens with one attached hydrogen (secondary N) is 2. The van der Waals surface area contributed by atoms with E-state index in [1.165, 1.54) is 0 Å². The van der Waals surface area contributed by atoms with Gasteiger partial charge >= 0.3 is 0 Å². The SMILES string of the molecule is COc1ccccc1OCNc1cc(Cl)c2c(c1O)CCC(=O)N2. The smallest absolute Gasteiger partial charge is 0.224 e. The molecular weight excluding hydrogens is 332 g/mol. The topological polar surface area (TPSA) is 79.8 Å². The van der Waals surface area contributed by atoms with Crippen molar-refractivity contribution in [2.45, 2.75) is 12.8 Å². The number of para-hydroxylation sites is 2. The number of phenolic OH excluding ortho intramolecular Hbond substituents is 1. The lowest BCUT2D eigenvalue weighted by Crippen LogP contribution is -2.20. The Labute approximate surface area is 144 Å². The van der Waals surface area contributed by atoms with E-state index in [0.29, 0.717) is 46.3 Å². The molecule has 0 saturated heterocycles. The number of hydrogen-bond acceptors (Lipinski definition) is 5. The van der Waals surface area contributed by atoms with E-state index in [9.17, 15) is 9.90 Å². The highest BCUT2D eigenvalue weighted by Gasteiger charge is 2.23. The third kappa shape index (κ3) is 3.19. The average Bonchev–Trinajstić information content (AvgIpc) is 2.59. The number of methoxy groups -OCH3 is 1. The van der Waals surface area contributed by atoms with E-state index in [1.54, 1.807) is 25.3 Å². The summed E-state index contributed by atoms with van der Waals surface area (Å²) in [5, 5.41) is 16.4. The molecule has 0 bridgehead atoms. The molecule has 0 radical (unpaired) electrons. The number of rotatable bonds is 5. The Bertz CT molecular complexity index is 779. The maximum Gasteiger partial charge on any atom is 0.224 e. The highest BCUT2D eigenvalue weighted by Crippen LogP contribution is 2.41. The Morgan fingerprint density at radius 2 is 2.04 bits per heavy atom. The molecule has 1 aliphatic rings. The molecule has 0 aliphatic carbocycles. The van der Waals surface area contributed by atoms with Crippen molar-refractivity contribution in [1.82, 2.24) is 0 Å². The van der Waals surface area contributed by atoms with Gasteiger partial charge < -0.3 is 25.2 Å². The van der Waals surface area contributed by atoms with Crippen molar-refractivity contribution in [2.24, 2.45) is 0 Å². The van der Waals surface area contributed by atoms with Crippen molar-refractivity contribution in [3.05, 3.63) is 40.9 Å². The molecular formula is C17H17ClN2O4. The van der Waals surface area contributed by atoms with Crippen LogP contribution in [0.2, 0.25) is 5.02 Å². The fourth-order valence-corrected chi connectivity index (χ4v) is 2.85. The summed E-state index contributed by atoms with van der Waals surface area (Å²) < 4.78 is 10.8. The third-order valence-corrected chi connectivity index (χ3v) is 4.08. The van der Waals surface area contributed by atoms with Crippen molar-refractivity contribution in [3.8, 4) is 17.2 Å². The van der Waals surface area contributed by atoms with Crippen molar-refractivity contribution >= 4 is 28.9 Å². The third-order valence-electron chi connectivity index (χ3n) is 3.78. The standard InChI is InChI=1S/C17H17ClN2O4/c1-23-13-4-2-3-5-14(13)24-9-19-12-8-11(18)16-10(17(12)22)6-7-15(21)20-16/h2-5,8,19,22H,6-7,9H2,1H3,(H,20,21). The number of anilines is 2. The van der Waals surface area contributed by atoms with Crippen LogP contribution in [0, 0.1) is 0 Å². The first-order valence-electron chi connectivity index (χ1n) is 7.44. The summed E-state index contributed by atoms with van der Waals surface area (Å²) in [7, 11) is 1.57. The summed E-state index contributed by atoms with van der Waals surface area (Å²) >= 11 is 6.20. The Morgan fingerprint density at radius 1 is 1.29 bits per heavy atom. The second-order valence-corrected chi connectivity index (χ2v) is 5.68. The summed E-state index contributed by atoms with van der Waals surface area (Å²) in [4.78, 5) is 11.5. The van der Waals surface area contributed by atoms with E-state index in [1.807, 2.05) is 12.1 Å². The summed E-state index contributed by atoms with van der Waals surface area (Å²) in [6, 6.07) is 8.84. The highest BCUT2D eigenvalue weighted by molar-refractivity contribution is 6.34. The zero-order valence-electron chi connectivity index (χ0n) is 13.1. The summed E-state index contributed by atoms with van der Waals surface area (Å²) in [6.07, 6.45) is 0.758. The lowest BCUT2D eigenvalue weighted by molar-refractivity contribution is -0.116. The molecule has 1 amide bonds. The number of phenols is 1. The van der Waals surface area contributed by atoms with Crippen LogP contribution in [-0.2, 0) is 11.2 Å². The molecule has 3 rings (SSSR count). The van der Waals surface area contributed by atoms with E-state index < -0.39 is 0 Å². The van der Waals surface area contributed by atoms with Crippen LogP contribution in [0.15, 0.2) is 30.3 Å². The van der Waals surface area contributed by atoms with Gasteiger partial charge in [0.15, 0.2) is 18.2 Å². The van der Waals surface area contributed by atoms with E-state index in [-0.39, 0.29) is 18.4 Å². The predicted octanol–water partition coefficient (Wildman–Crippen LogP) is 3.39. The highest BCUT2D eigenvalue weighted by atomic mass is 35.5. The van der Waals surface area contributed by atoms with Gasteiger partial charge in [0, 0.05) is 12.0 Å². The first kappa shape index (κ1) is 16.3. The fourth-order valence-electron chi connectivity index (χ4n) is 2.58. The van der Waals surface area contributed by atoms with Crippen molar-refractivity contribution in [2.75, 3.05) is 24.5 Å². The minimum absolute atomic E-state index is 0.0676. The van der Waals surface area contributed by atoms with Gasteiger partial charge in [-0.05, 0) is 24.6 Å². The summed E-state index contributed by atoms with van der Waals surface area (Å²) in [5.74, 6) is 1.17. The minimum atomic E-state index is -0.107. The molecule has 1 aliphatic heterocycles. The number of carbonyl (C=O) groups is 1. The monoisotopic (exact) mass is 348 g/mol. The van der Waals surface area contributed by atoms with Gasteiger partial charge in [-0.25, -0.2) is 0 Å². The van der Waals surface area contributed by atoms with Crippen molar-refractivity contribution in [3.63, 3.8) is 0 Å². The van der Waals surface area contributed by atoms with Crippen LogP contribution in [0.3, 0.4) is 0 Å². The number of benzene rings is 2. The van der Waals surface area contributed by atoms with Crippen LogP contribution >= 0.6 is 11.6 Å². The van der Waals surface area contributed by atoms with Crippen LogP contribution in [-0.4, -0.2) is 24.9 Å². The second-order valence-electron chi connectivity index (χ2n) is 5.27. The van der Waals surface area contributed by atoms with Gasteiger partial charge in [0.05, 0.1) is 23.5 Å². The largest absolute Gasteiger partial charge is 0.505 e. The molecule has 0 unspecified atom stereocenters. The molecule has 7 heteroatoms. The molecule has 6 nitrogen and oxygen atoms in total. The maximum absolute atomic E-state index is 11.5. The first-order chi connectivity index (χ1) is 11.6. The molecule has 0 saturated carbocycles. The van der Waals surface area contributed by atoms with E-state index in [4.69, 9.17) is 21.1 Å². The van der Waals surface area contributed by atoms with Gasteiger partial charge in [0.1, 0.15) is 5.75 Å². The Balaban J connectivity index is 1.74. The van der Waals surface area contributed by atoms with Crippen LogP contribution in [0.5, 0.6) is 17.2 Å². The molecule has 0 atom stereocenters. The summed E-state index contributed by atoms with van der Waals surface area (Å²) in [5.41, 5.74) is 1.55. The number of aromatic hydroxyl groups is 1. The lowest BCUT2D eigenvalue weighted by Gasteiger charge is -2.21. The first-order valence-corrected chi connectivity index (χ1v) is 7.82. The van der Waals surface area contributed by atoms with Gasteiger partial charge in [-0.15, -0.1) is 0 Å². The van der Waals surface area contributed by atoms with Gasteiger partial charge in [-0.1, -0.05) is 23.7 Å². The number of fused-ring (bicyclic) bond motifs is 1. The molecule has 2 aromatic carbocycles. The normalized spacial score (nSPS) is 13.0. The Hall–Kier alpha value is -2.60. The van der Waals surface area contributed by atoms with E-state index in [2.05, 4.69) is 10.6 Å². The summed E-state index contributed by atoms with van der Waals surface area (Å²) in [6.45, 7) is 0.120. The average molecular weight is 349 g/mol. The van der Waals surface area contributed by atoms with E-state index >= 15 is 0 Å². The quantitative estimate of drug-likeness (QED) is 0.570. The molecule has 0 spiro atoms. The molecule has 126 valence electrons. The van der Waals surface area contributed by atoms with Crippen LogP contribution in [0.1, 0.15) is 12.0 Å². The van der Waals surface area contributed by atoms with E-state index in [0.717, 1.165) is 0 Å². The predicted molar refractivity (Wildman–Crippen MR) is 92.2 cm³/mol. The van der Waals surface area contributed by atoms with Gasteiger partial charge in [-0.3, -0.25) is 4.79 Å². The fraction of sp³-hybridized carbons (Fsp3) is 0.235. The molecule has 1 heterocycles. The molecule has 24 heavy (non-hydrogen) atoms. The van der Waals surface area contributed by atoms with Gasteiger partial charge in [-0.2, -0.15) is 0 Å². The van der Waals surface area contributed by atoms with Crippen LogP contribution in [0.25, 0.3) is 0 Å². The number of ether oxygens (including phenoxy) is 2. The zero-order chi connectivity index (χ0) is 17.1. The minimum Gasteiger partial charge on any atom is -0.505 e. The Morgan fingerprint density at radius 3 is 2.79 bits per heavy atom. The zero-order valence-corrected chi connectivity index (χ0v) is 13.8. The van der Waals surface area contributed by atoms with Crippen molar-refractivity contribution < 1.29 is 19.4 Å². The van der Waals surface area contributed by atoms with Crippen molar-refractivity contribution in [1.29, 1.82) is 0 Å². The number of halogens is 1. The molecule has 0 fully saturated rings. The molecule has 2 aromatic rings. The molecule has 0 aromatic heterocycles. The molecule has 3 N–H and O–H groups in total. The lowest BCUT2D eigenvalue weighted by atomic mass is 10.0. The number of amides is 1. The number of hydrogen-bond donors (Lipinski definition) is 3. The second kappa shape index (κ2) is 6.88. The maximum atomic E-state index is 11.5. The van der Waals surface area contributed by atoms with Gasteiger partial charge in [0.25, 0.3) is 0 Å².